The Morgan fingerprint density at radius 3 is 2.47 bits per heavy atom. The minimum atomic E-state index is -3.81. The zero-order valence-electron chi connectivity index (χ0n) is 18.6. The molecule has 166 valence electrons. The lowest BCUT2D eigenvalue weighted by atomic mass is 9.78. The lowest BCUT2D eigenvalue weighted by Gasteiger charge is -2.38. The van der Waals surface area contributed by atoms with Gasteiger partial charge in [0.15, 0.2) is 5.76 Å². The summed E-state index contributed by atoms with van der Waals surface area (Å²) in [4.78, 5) is 13.2. The molecule has 30 heavy (non-hydrogen) atoms. The molecule has 6 nitrogen and oxygen atoms in total. The van der Waals surface area contributed by atoms with Crippen LogP contribution >= 0.6 is 0 Å². The van der Waals surface area contributed by atoms with E-state index in [0.717, 1.165) is 54.2 Å². The second-order valence-corrected chi connectivity index (χ2v) is 10.3. The van der Waals surface area contributed by atoms with Crippen molar-refractivity contribution in [2.45, 2.75) is 77.9 Å². The number of benzene rings is 1. The molecule has 1 N–H and O–H groups in total. The largest absolute Gasteiger partial charge is 0.384 e. The molecular formula is C23H33NO5S. The summed E-state index contributed by atoms with van der Waals surface area (Å²) < 4.78 is 36.0. The maximum Gasteiger partial charge on any atom is 0.306 e. The summed E-state index contributed by atoms with van der Waals surface area (Å²) in [5, 5.41) is 3.10. The van der Waals surface area contributed by atoms with E-state index in [4.69, 9.17) is 8.92 Å². The standard InChI is InChI=1S/C23H33NO5S/c1-6-7-11-28-18-9-8-10-23(14-18)21(29-30(5,26)27)20(22(25)24-23)19-16(3)12-15(2)13-17(19)4/h12-13,18H,6-11,14H2,1-5H3,(H,24,25)/t18-,23?/m1/s1. The summed E-state index contributed by atoms with van der Waals surface area (Å²) in [5.74, 6) is -0.0493. The zero-order chi connectivity index (χ0) is 22.1. The molecule has 1 saturated carbocycles. The summed E-state index contributed by atoms with van der Waals surface area (Å²) in [6.07, 6.45) is 5.88. The molecule has 1 unspecified atom stereocenters. The molecule has 0 radical (unpaired) electrons. The molecule has 1 heterocycles. The molecule has 1 aliphatic carbocycles. The smallest absolute Gasteiger partial charge is 0.306 e. The van der Waals surface area contributed by atoms with Crippen LogP contribution in [0.15, 0.2) is 17.9 Å². The Kier molecular flexibility index (Phi) is 6.63. The van der Waals surface area contributed by atoms with Gasteiger partial charge in [-0.25, -0.2) is 0 Å². The highest BCUT2D eigenvalue weighted by atomic mass is 32.2. The highest BCUT2D eigenvalue weighted by molar-refractivity contribution is 7.86. The summed E-state index contributed by atoms with van der Waals surface area (Å²) in [6, 6.07) is 4.01. The van der Waals surface area contributed by atoms with Crippen molar-refractivity contribution in [1.29, 1.82) is 0 Å². The van der Waals surface area contributed by atoms with Crippen LogP contribution in [0, 0.1) is 20.8 Å². The van der Waals surface area contributed by atoms with Crippen LogP contribution in [0.5, 0.6) is 0 Å². The van der Waals surface area contributed by atoms with Crippen molar-refractivity contribution in [2.24, 2.45) is 0 Å². The maximum atomic E-state index is 13.2. The molecule has 7 heteroatoms. The fourth-order valence-electron chi connectivity index (χ4n) is 4.83. The number of hydrogen-bond acceptors (Lipinski definition) is 5. The average molecular weight is 436 g/mol. The number of hydrogen-bond donors (Lipinski definition) is 1. The van der Waals surface area contributed by atoms with Crippen LogP contribution in [-0.4, -0.2) is 38.8 Å². The van der Waals surface area contributed by atoms with Gasteiger partial charge in [-0.05, 0) is 63.1 Å². The molecule has 2 atom stereocenters. The monoisotopic (exact) mass is 435 g/mol. The molecule has 0 aromatic heterocycles. The van der Waals surface area contributed by atoms with Crippen molar-refractivity contribution in [1.82, 2.24) is 5.32 Å². The first kappa shape index (κ1) is 22.8. The van der Waals surface area contributed by atoms with Crippen molar-refractivity contribution in [2.75, 3.05) is 12.9 Å². The van der Waals surface area contributed by atoms with Crippen LogP contribution in [0.25, 0.3) is 5.57 Å². The second kappa shape index (κ2) is 8.71. The third-order valence-electron chi connectivity index (χ3n) is 5.96. The molecule has 0 saturated heterocycles. The number of carbonyl (C=O) groups is 1. The van der Waals surface area contributed by atoms with E-state index in [0.29, 0.717) is 25.0 Å². The van der Waals surface area contributed by atoms with Gasteiger partial charge in [0.2, 0.25) is 0 Å². The molecule has 2 aliphatic rings. The van der Waals surface area contributed by atoms with Crippen molar-refractivity contribution in [3.63, 3.8) is 0 Å². The van der Waals surface area contributed by atoms with Gasteiger partial charge in [-0.2, -0.15) is 8.42 Å². The quantitative estimate of drug-likeness (QED) is 0.518. The van der Waals surface area contributed by atoms with E-state index in [1.54, 1.807) is 0 Å². The number of nitrogens with one attached hydrogen (secondary N) is 1. The van der Waals surface area contributed by atoms with E-state index in [9.17, 15) is 13.2 Å². The van der Waals surface area contributed by atoms with Crippen LogP contribution in [0.4, 0.5) is 0 Å². The third-order valence-corrected chi connectivity index (χ3v) is 6.43. The normalized spacial score (nSPS) is 24.4. The van der Waals surface area contributed by atoms with Gasteiger partial charge < -0.3 is 14.2 Å². The van der Waals surface area contributed by atoms with Crippen LogP contribution < -0.4 is 5.32 Å². The Bertz CT molecular complexity index is 943. The fourth-order valence-corrected chi connectivity index (χ4v) is 5.38. The number of rotatable bonds is 7. The SMILES string of the molecule is CCCCO[C@@H]1CCCC2(C1)NC(=O)C(c1c(C)cc(C)cc1C)=C2OS(C)(=O)=O. The Balaban J connectivity index is 2.10. The number of unbranched alkanes of at least 4 members (excludes halogenated alkanes) is 1. The maximum absolute atomic E-state index is 13.2. The topological polar surface area (TPSA) is 81.7 Å². The number of ether oxygens (including phenoxy) is 1. The first-order chi connectivity index (χ1) is 14.1. The minimum absolute atomic E-state index is 0.0386. The van der Waals surface area contributed by atoms with E-state index in [2.05, 4.69) is 12.2 Å². The van der Waals surface area contributed by atoms with Gasteiger partial charge >= 0.3 is 10.1 Å². The van der Waals surface area contributed by atoms with Crippen molar-refractivity contribution in [3.8, 4) is 0 Å². The first-order valence-electron chi connectivity index (χ1n) is 10.7. The molecule has 3 rings (SSSR count). The second-order valence-electron chi connectivity index (χ2n) is 8.74. The minimum Gasteiger partial charge on any atom is -0.384 e. The van der Waals surface area contributed by atoms with Gasteiger partial charge in [-0.1, -0.05) is 31.0 Å². The molecule has 0 bridgehead atoms. The molecule has 1 fully saturated rings. The van der Waals surface area contributed by atoms with E-state index in [-0.39, 0.29) is 17.8 Å². The van der Waals surface area contributed by atoms with Gasteiger partial charge in [0, 0.05) is 13.0 Å². The molecule has 1 aromatic carbocycles. The van der Waals surface area contributed by atoms with Crippen LogP contribution in [0.3, 0.4) is 0 Å². The summed E-state index contributed by atoms with van der Waals surface area (Å²) in [7, 11) is -3.81. The lowest BCUT2D eigenvalue weighted by molar-refractivity contribution is -0.117. The summed E-state index contributed by atoms with van der Waals surface area (Å²) >= 11 is 0. The highest BCUT2D eigenvalue weighted by Crippen LogP contribution is 2.45. The number of carbonyl (C=O) groups excluding carboxylic acids is 1. The Labute approximate surface area is 180 Å². The zero-order valence-corrected chi connectivity index (χ0v) is 19.4. The van der Waals surface area contributed by atoms with Crippen LogP contribution in [-0.2, 0) is 23.8 Å². The van der Waals surface area contributed by atoms with E-state index in [1.165, 1.54) is 0 Å². The van der Waals surface area contributed by atoms with Crippen molar-refractivity contribution >= 4 is 21.6 Å². The molecule has 1 spiro atoms. The van der Waals surface area contributed by atoms with Gasteiger partial charge in [0.05, 0.1) is 17.9 Å². The van der Waals surface area contributed by atoms with Gasteiger partial charge in [0.1, 0.15) is 5.54 Å². The van der Waals surface area contributed by atoms with Crippen LogP contribution in [0.2, 0.25) is 0 Å². The first-order valence-corrected chi connectivity index (χ1v) is 12.5. The predicted molar refractivity (Wildman–Crippen MR) is 117 cm³/mol. The molecule has 1 aliphatic heterocycles. The molecular weight excluding hydrogens is 402 g/mol. The fraction of sp³-hybridized carbons (Fsp3) is 0.609. The average Bonchev–Trinajstić information content (AvgIpc) is 2.85. The van der Waals surface area contributed by atoms with Gasteiger partial charge in [0.25, 0.3) is 5.91 Å². The number of aryl methyl sites for hydroxylation is 3. The molecule has 1 amide bonds. The van der Waals surface area contributed by atoms with Crippen molar-refractivity contribution in [3.05, 3.63) is 40.1 Å². The van der Waals surface area contributed by atoms with Crippen molar-refractivity contribution < 1.29 is 22.1 Å². The predicted octanol–water partition coefficient (Wildman–Crippen LogP) is 3.93. The third kappa shape index (κ3) is 4.72. The highest BCUT2D eigenvalue weighted by Gasteiger charge is 2.51. The Morgan fingerprint density at radius 1 is 1.20 bits per heavy atom. The number of amides is 1. The molecule has 1 aromatic rings. The summed E-state index contributed by atoms with van der Waals surface area (Å²) in [6.45, 7) is 8.66. The van der Waals surface area contributed by atoms with E-state index < -0.39 is 15.7 Å². The van der Waals surface area contributed by atoms with Gasteiger partial charge in [-0.15, -0.1) is 0 Å². The lowest BCUT2D eigenvalue weighted by Crippen LogP contribution is -2.50. The Hall–Kier alpha value is -1.86. The summed E-state index contributed by atoms with van der Waals surface area (Å²) in [5.41, 5.74) is 3.18. The van der Waals surface area contributed by atoms with Gasteiger partial charge in [-0.3, -0.25) is 4.79 Å². The van der Waals surface area contributed by atoms with Crippen LogP contribution in [0.1, 0.15) is 67.7 Å². The Morgan fingerprint density at radius 2 is 1.87 bits per heavy atom. The van der Waals surface area contributed by atoms with E-state index >= 15 is 0 Å². The van der Waals surface area contributed by atoms with E-state index in [1.807, 2.05) is 32.9 Å².